The number of carbonyl (C=O) groups excluding carboxylic acids is 1. The molecular weight excluding hydrogens is 393 g/mol. The minimum atomic E-state index is -0.448. The van der Waals surface area contributed by atoms with Crippen LogP contribution in [0.15, 0.2) is 35.8 Å². The summed E-state index contributed by atoms with van der Waals surface area (Å²) in [5.74, 6) is 0.0865. The van der Waals surface area contributed by atoms with E-state index in [1.165, 1.54) is 18.3 Å². The van der Waals surface area contributed by atoms with E-state index in [0.717, 1.165) is 48.9 Å². The van der Waals surface area contributed by atoms with Crippen molar-refractivity contribution in [1.82, 2.24) is 20.1 Å². The van der Waals surface area contributed by atoms with Crippen molar-refractivity contribution in [2.45, 2.75) is 31.9 Å². The highest BCUT2D eigenvalue weighted by atomic mass is 32.1. The molecule has 29 heavy (non-hydrogen) atoms. The number of amides is 1. The molecule has 1 aromatic carbocycles. The van der Waals surface area contributed by atoms with Crippen LogP contribution in [0.5, 0.6) is 5.75 Å². The van der Waals surface area contributed by atoms with Gasteiger partial charge in [-0.1, -0.05) is 0 Å². The minimum Gasteiger partial charge on any atom is -0.486 e. The first-order valence-electron chi connectivity index (χ1n) is 9.45. The van der Waals surface area contributed by atoms with Crippen LogP contribution in [0.3, 0.4) is 0 Å². The number of rotatable bonds is 7. The lowest BCUT2D eigenvalue weighted by molar-refractivity contribution is 0.0997. The van der Waals surface area contributed by atoms with E-state index in [-0.39, 0.29) is 11.7 Å². The van der Waals surface area contributed by atoms with E-state index in [1.54, 1.807) is 23.5 Å². The fourth-order valence-corrected chi connectivity index (χ4v) is 4.33. The monoisotopic (exact) mass is 415 g/mol. The van der Waals surface area contributed by atoms with Crippen LogP contribution in [0.1, 0.15) is 45.5 Å². The van der Waals surface area contributed by atoms with Gasteiger partial charge in [-0.3, -0.25) is 14.8 Å². The SMILES string of the molecule is NC(=O)c1cn[nH]c1C1CCCN(Cc2csc(COc3ccc(F)cc3)n2)C1. The Hall–Kier alpha value is -2.78. The lowest BCUT2D eigenvalue weighted by atomic mass is 9.92. The highest BCUT2D eigenvalue weighted by Gasteiger charge is 2.26. The summed E-state index contributed by atoms with van der Waals surface area (Å²) in [4.78, 5) is 18.6. The number of carbonyl (C=O) groups is 1. The van der Waals surface area contributed by atoms with Gasteiger partial charge in [-0.2, -0.15) is 5.10 Å². The number of aromatic nitrogens is 3. The Morgan fingerprint density at radius 1 is 1.38 bits per heavy atom. The number of H-pyrrole nitrogens is 1. The number of likely N-dealkylation sites (tertiary alicyclic amines) is 1. The number of nitrogens with zero attached hydrogens (tertiary/aromatic N) is 3. The molecule has 1 amide bonds. The molecule has 1 aliphatic rings. The summed E-state index contributed by atoms with van der Waals surface area (Å²) in [5, 5.41) is 9.86. The molecule has 0 spiro atoms. The molecule has 1 fully saturated rings. The zero-order valence-electron chi connectivity index (χ0n) is 15.8. The van der Waals surface area contributed by atoms with Crippen molar-refractivity contribution < 1.29 is 13.9 Å². The number of thiazole rings is 1. The Morgan fingerprint density at radius 3 is 3.00 bits per heavy atom. The van der Waals surface area contributed by atoms with Gasteiger partial charge in [-0.05, 0) is 43.7 Å². The molecule has 1 atom stereocenters. The van der Waals surface area contributed by atoms with Crippen molar-refractivity contribution in [3.8, 4) is 5.75 Å². The zero-order chi connectivity index (χ0) is 20.2. The van der Waals surface area contributed by atoms with E-state index in [9.17, 15) is 9.18 Å². The zero-order valence-corrected chi connectivity index (χ0v) is 16.6. The molecule has 1 saturated heterocycles. The number of nitrogens with one attached hydrogen (secondary N) is 1. The van der Waals surface area contributed by atoms with Crippen molar-refractivity contribution in [1.29, 1.82) is 0 Å². The highest BCUT2D eigenvalue weighted by Crippen LogP contribution is 2.28. The van der Waals surface area contributed by atoms with Gasteiger partial charge in [0.2, 0.25) is 0 Å². The third-order valence-electron chi connectivity index (χ3n) is 5.01. The second kappa shape index (κ2) is 8.71. The quantitative estimate of drug-likeness (QED) is 0.618. The van der Waals surface area contributed by atoms with Gasteiger partial charge in [0.1, 0.15) is 23.2 Å². The molecule has 1 unspecified atom stereocenters. The number of hydrogen-bond acceptors (Lipinski definition) is 6. The van der Waals surface area contributed by atoms with E-state index < -0.39 is 5.91 Å². The summed E-state index contributed by atoms with van der Waals surface area (Å²) in [7, 11) is 0. The van der Waals surface area contributed by atoms with Crippen LogP contribution in [0.25, 0.3) is 0 Å². The predicted molar refractivity (Wildman–Crippen MR) is 107 cm³/mol. The Morgan fingerprint density at radius 2 is 2.21 bits per heavy atom. The van der Waals surface area contributed by atoms with Crippen LogP contribution >= 0.6 is 11.3 Å². The van der Waals surface area contributed by atoms with Crippen LogP contribution in [0, 0.1) is 5.82 Å². The first-order valence-corrected chi connectivity index (χ1v) is 10.3. The molecule has 0 aliphatic carbocycles. The number of nitrogens with two attached hydrogens (primary N) is 1. The molecule has 3 heterocycles. The first kappa shape index (κ1) is 19.5. The van der Waals surface area contributed by atoms with Crippen LogP contribution in [0.4, 0.5) is 4.39 Å². The van der Waals surface area contributed by atoms with Crippen molar-refractivity contribution in [2.75, 3.05) is 13.1 Å². The molecule has 7 nitrogen and oxygen atoms in total. The van der Waals surface area contributed by atoms with Crippen molar-refractivity contribution in [3.05, 3.63) is 63.6 Å². The van der Waals surface area contributed by atoms with E-state index >= 15 is 0 Å². The fourth-order valence-electron chi connectivity index (χ4n) is 3.63. The maximum absolute atomic E-state index is 13.0. The Labute approximate surface area is 171 Å². The molecular formula is C20H22FN5O2S. The second-order valence-corrected chi connectivity index (χ2v) is 8.05. The van der Waals surface area contributed by atoms with E-state index in [2.05, 4.69) is 20.1 Å². The molecule has 3 N–H and O–H groups in total. The average molecular weight is 415 g/mol. The van der Waals surface area contributed by atoms with E-state index in [1.807, 2.05) is 5.38 Å². The summed E-state index contributed by atoms with van der Waals surface area (Å²) in [6.07, 6.45) is 3.53. The van der Waals surface area contributed by atoms with Crippen molar-refractivity contribution in [2.24, 2.45) is 5.73 Å². The Balaban J connectivity index is 1.34. The molecule has 2 aromatic heterocycles. The maximum atomic E-state index is 13.0. The lowest BCUT2D eigenvalue weighted by Gasteiger charge is -2.32. The maximum Gasteiger partial charge on any atom is 0.252 e. The molecule has 0 saturated carbocycles. The largest absolute Gasteiger partial charge is 0.486 e. The second-order valence-electron chi connectivity index (χ2n) is 7.11. The summed E-state index contributed by atoms with van der Waals surface area (Å²) in [6.45, 7) is 2.90. The molecule has 4 rings (SSSR count). The smallest absolute Gasteiger partial charge is 0.252 e. The van der Waals surface area contributed by atoms with Crippen LogP contribution < -0.4 is 10.5 Å². The van der Waals surface area contributed by atoms with Crippen LogP contribution in [-0.2, 0) is 13.2 Å². The number of primary amides is 1. The molecule has 152 valence electrons. The molecule has 0 radical (unpaired) electrons. The molecule has 3 aromatic rings. The van der Waals surface area contributed by atoms with Crippen LogP contribution in [-0.4, -0.2) is 39.1 Å². The van der Waals surface area contributed by atoms with Gasteiger partial charge in [0.05, 0.1) is 23.1 Å². The number of halogens is 1. The van der Waals surface area contributed by atoms with E-state index in [4.69, 9.17) is 10.5 Å². The number of benzene rings is 1. The van der Waals surface area contributed by atoms with Gasteiger partial charge in [-0.15, -0.1) is 11.3 Å². The Kier molecular flexibility index (Phi) is 5.86. The summed E-state index contributed by atoms with van der Waals surface area (Å²) >= 11 is 1.55. The fraction of sp³-hybridized carbons (Fsp3) is 0.350. The normalized spacial score (nSPS) is 17.3. The van der Waals surface area contributed by atoms with Crippen molar-refractivity contribution >= 4 is 17.2 Å². The molecule has 9 heteroatoms. The van der Waals surface area contributed by atoms with Gasteiger partial charge >= 0.3 is 0 Å². The highest BCUT2D eigenvalue weighted by molar-refractivity contribution is 7.09. The standard InChI is InChI=1S/C20H22FN5O2S/c21-14-3-5-16(6-4-14)28-11-18-24-15(12-29-18)10-26-7-1-2-13(9-26)19-17(20(22)27)8-23-25-19/h3-6,8,12-13H,1-2,7,9-11H2,(H2,22,27)(H,23,25). The average Bonchev–Trinajstić information content (AvgIpc) is 3.37. The minimum absolute atomic E-state index is 0.202. The van der Waals surface area contributed by atoms with Gasteiger partial charge < -0.3 is 10.5 Å². The summed E-state index contributed by atoms with van der Waals surface area (Å²) in [6, 6.07) is 5.96. The Bertz CT molecular complexity index is 971. The van der Waals surface area contributed by atoms with Crippen LogP contribution in [0.2, 0.25) is 0 Å². The van der Waals surface area contributed by atoms with Crippen molar-refractivity contribution in [3.63, 3.8) is 0 Å². The number of piperidine rings is 1. The summed E-state index contributed by atoms with van der Waals surface area (Å²) < 4.78 is 18.6. The van der Waals surface area contributed by atoms with Gasteiger partial charge in [0.15, 0.2) is 0 Å². The van der Waals surface area contributed by atoms with Gasteiger partial charge in [0, 0.05) is 24.4 Å². The molecule has 1 aliphatic heterocycles. The lowest BCUT2D eigenvalue weighted by Crippen LogP contribution is -2.34. The third-order valence-corrected chi connectivity index (χ3v) is 5.88. The number of ether oxygens (including phenoxy) is 1. The predicted octanol–water partition coefficient (Wildman–Crippen LogP) is 3.06. The summed E-state index contributed by atoms with van der Waals surface area (Å²) in [5.41, 5.74) is 7.75. The van der Waals surface area contributed by atoms with E-state index in [0.29, 0.717) is 17.9 Å². The topological polar surface area (TPSA) is 97.1 Å². The van der Waals surface area contributed by atoms with Gasteiger partial charge in [-0.25, -0.2) is 9.37 Å². The van der Waals surface area contributed by atoms with Gasteiger partial charge in [0.25, 0.3) is 5.91 Å². The first-order chi connectivity index (χ1) is 14.1. The number of hydrogen-bond donors (Lipinski definition) is 2. The third kappa shape index (κ3) is 4.80. The molecule has 0 bridgehead atoms. The number of aromatic amines is 1.